The van der Waals surface area contributed by atoms with Gasteiger partial charge in [0.25, 0.3) is 0 Å². The van der Waals surface area contributed by atoms with E-state index in [9.17, 15) is 0 Å². The molecule has 5 aromatic rings. The lowest BCUT2D eigenvalue weighted by atomic mass is 10.1. The molecule has 0 unspecified atom stereocenters. The van der Waals surface area contributed by atoms with Crippen molar-refractivity contribution >= 4 is 52.8 Å². The molecule has 0 radical (unpaired) electrons. The second kappa shape index (κ2) is 6.90. The molecule has 0 N–H and O–H groups in total. The Kier molecular flexibility index (Phi) is 4.39. The Hall–Kier alpha value is -1.94. The molecule has 0 aliphatic carbocycles. The van der Waals surface area contributed by atoms with Gasteiger partial charge in [-0.2, -0.15) is 0 Å². The van der Waals surface area contributed by atoms with Gasteiger partial charge in [-0.15, -0.1) is 34.0 Å². The van der Waals surface area contributed by atoms with E-state index in [1.807, 2.05) is 34.0 Å². The molecule has 0 amide bonds. The monoisotopic (exact) mass is 404 g/mol. The van der Waals surface area contributed by atoms with Crippen LogP contribution in [-0.2, 0) is 12.8 Å². The van der Waals surface area contributed by atoms with Gasteiger partial charge in [-0.05, 0) is 47.2 Å². The fourth-order valence-electron chi connectivity index (χ4n) is 3.43. The molecule has 0 atom stereocenters. The summed E-state index contributed by atoms with van der Waals surface area (Å²) in [4.78, 5) is 2.76. The number of fused-ring (bicyclic) bond motifs is 3. The average molecular weight is 405 g/mol. The van der Waals surface area contributed by atoms with Crippen molar-refractivity contribution in [2.24, 2.45) is 0 Å². The average Bonchev–Trinajstić information content (AvgIpc) is 3.39. The zero-order chi connectivity index (χ0) is 18.4. The maximum atomic E-state index is 2.37. The van der Waals surface area contributed by atoms with E-state index in [4.69, 9.17) is 0 Å². The third-order valence-electron chi connectivity index (χ3n) is 5.12. The fraction of sp³-hybridized carbons (Fsp3) is 0.167. The van der Waals surface area contributed by atoms with Crippen LogP contribution in [-0.4, -0.2) is 0 Å². The Balaban J connectivity index is 1.55. The van der Waals surface area contributed by atoms with E-state index in [1.165, 1.54) is 50.8 Å². The minimum Gasteiger partial charge on any atom is -0.133 e. The van der Waals surface area contributed by atoms with Crippen molar-refractivity contribution in [3.05, 3.63) is 71.8 Å². The minimum absolute atomic E-state index is 1.09. The summed E-state index contributed by atoms with van der Waals surface area (Å²) in [5, 5.41) is 0. The van der Waals surface area contributed by atoms with E-state index in [0.717, 1.165) is 12.8 Å². The maximum absolute atomic E-state index is 2.37. The summed E-state index contributed by atoms with van der Waals surface area (Å²) in [5.74, 6) is 0. The van der Waals surface area contributed by atoms with Gasteiger partial charge in [0.2, 0.25) is 0 Å². The molecule has 0 spiro atoms. The quantitative estimate of drug-likeness (QED) is 0.281. The van der Waals surface area contributed by atoms with Crippen molar-refractivity contribution < 1.29 is 0 Å². The summed E-state index contributed by atoms with van der Waals surface area (Å²) in [6.45, 7) is 4.41. The van der Waals surface area contributed by atoms with Crippen molar-refractivity contribution in [1.29, 1.82) is 0 Å². The molecule has 0 aliphatic heterocycles. The summed E-state index contributed by atoms with van der Waals surface area (Å²) in [5.41, 5.74) is 5.47. The highest BCUT2D eigenvalue weighted by Crippen LogP contribution is 2.47. The van der Waals surface area contributed by atoms with Crippen LogP contribution in [0.3, 0.4) is 0 Å². The molecule has 0 nitrogen and oxygen atoms in total. The van der Waals surface area contributed by atoms with Gasteiger partial charge in [0, 0.05) is 19.2 Å². The Bertz CT molecular complexity index is 1120. The number of rotatable bonds is 4. The van der Waals surface area contributed by atoms with Crippen molar-refractivity contribution in [3.8, 4) is 20.9 Å². The molecular weight excluding hydrogens is 384 g/mol. The molecule has 0 fully saturated rings. The molecular formula is C24H20S3. The topological polar surface area (TPSA) is 0 Å². The Labute approximate surface area is 171 Å². The zero-order valence-electron chi connectivity index (χ0n) is 15.4. The van der Waals surface area contributed by atoms with E-state index in [2.05, 4.69) is 74.5 Å². The van der Waals surface area contributed by atoms with Crippen LogP contribution in [0.5, 0.6) is 0 Å². The SMILES string of the molecule is CCc1ccc(-c2cc3sc4cc(-c5ccc(CC)cc5)sc4c3s2)cc1. The van der Waals surface area contributed by atoms with E-state index in [0.29, 0.717) is 0 Å². The first-order chi connectivity index (χ1) is 13.2. The molecule has 3 aromatic heterocycles. The van der Waals surface area contributed by atoms with E-state index < -0.39 is 0 Å². The smallest absolute Gasteiger partial charge is 0.0636 e. The normalized spacial score (nSPS) is 11.6. The van der Waals surface area contributed by atoms with Crippen molar-refractivity contribution in [1.82, 2.24) is 0 Å². The first-order valence-electron chi connectivity index (χ1n) is 9.39. The third-order valence-corrected chi connectivity index (χ3v) is 8.99. The number of thiophene rings is 3. The van der Waals surface area contributed by atoms with Crippen molar-refractivity contribution in [2.75, 3.05) is 0 Å². The lowest BCUT2D eigenvalue weighted by Crippen LogP contribution is -1.78. The summed E-state index contributed by atoms with van der Waals surface area (Å²) in [6, 6.07) is 22.8. The van der Waals surface area contributed by atoms with Gasteiger partial charge in [-0.25, -0.2) is 0 Å². The van der Waals surface area contributed by atoms with Crippen LogP contribution in [0, 0.1) is 0 Å². The Morgan fingerprint density at radius 1 is 0.556 bits per heavy atom. The van der Waals surface area contributed by atoms with Gasteiger partial charge in [0.05, 0.1) is 9.40 Å². The number of hydrogen-bond donors (Lipinski definition) is 0. The summed E-state index contributed by atoms with van der Waals surface area (Å²) in [7, 11) is 0. The molecule has 3 heteroatoms. The van der Waals surface area contributed by atoms with Crippen LogP contribution >= 0.6 is 34.0 Å². The van der Waals surface area contributed by atoms with Gasteiger partial charge in [0.1, 0.15) is 0 Å². The first kappa shape index (κ1) is 17.2. The Morgan fingerprint density at radius 2 is 0.963 bits per heavy atom. The molecule has 0 aliphatic rings. The molecule has 5 rings (SSSR count). The van der Waals surface area contributed by atoms with Gasteiger partial charge in [-0.3, -0.25) is 0 Å². The van der Waals surface area contributed by atoms with Gasteiger partial charge in [0.15, 0.2) is 0 Å². The van der Waals surface area contributed by atoms with E-state index >= 15 is 0 Å². The fourth-order valence-corrected chi connectivity index (χ4v) is 7.46. The maximum Gasteiger partial charge on any atom is 0.0636 e. The summed E-state index contributed by atoms with van der Waals surface area (Å²) < 4.78 is 5.74. The number of benzene rings is 2. The predicted octanol–water partition coefficient (Wildman–Crippen LogP) is 8.64. The molecule has 0 bridgehead atoms. The van der Waals surface area contributed by atoms with Crippen LogP contribution in [0.15, 0.2) is 60.7 Å². The zero-order valence-corrected chi connectivity index (χ0v) is 17.9. The minimum atomic E-state index is 1.09. The molecule has 0 saturated carbocycles. The molecule has 2 aromatic carbocycles. The number of aryl methyl sites for hydroxylation is 2. The van der Waals surface area contributed by atoms with Crippen LogP contribution in [0.25, 0.3) is 39.7 Å². The lowest BCUT2D eigenvalue weighted by molar-refractivity contribution is 1.14. The predicted molar refractivity (Wildman–Crippen MR) is 125 cm³/mol. The third kappa shape index (κ3) is 3.04. The lowest BCUT2D eigenvalue weighted by Gasteiger charge is -1.99. The summed E-state index contributed by atoms with van der Waals surface area (Å²) in [6.07, 6.45) is 2.19. The second-order valence-electron chi connectivity index (χ2n) is 6.81. The van der Waals surface area contributed by atoms with E-state index in [-0.39, 0.29) is 0 Å². The molecule has 134 valence electrons. The van der Waals surface area contributed by atoms with Crippen molar-refractivity contribution in [2.45, 2.75) is 26.7 Å². The van der Waals surface area contributed by atoms with E-state index in [1.54, 1.807) is 0 Å². The van der Waals surface area contributed by atoms with Gasteiger partial charge >= 0.3 is 0 Å². The molecule has 3 heterocycles. The molecule has 0 saturated heterocycles. The van der Waals surface area contributed by atoms with Crippen LogP contribution in [0.2, 0.25) is 0 Å². The van der Waals surface area contributed by atoms with Crippen LogP contribution < -0.4 is 0 Å². The highest BCUT2D eigenvalue weighted by Gasteiger charge is 2.14. The van der Waals surface area contributed by atoms with Crippen LogP contribution in [0.1, 0.15) is 25.0 Å². The Morgan fingerprint density at radius 3 is 1.33 bits per heavy atom. The summed E-state index contributed by atoms with van der Waals surface area (Å²) >= 11 is 5.80. The largest absolute Gasteiger partial charge is 0.133 e. The van der Waals surface area contributed by atoms with Gasteiger partial charge < -0.3 is 0 Å². The highest BCUT2D eigenvalue weighted by molar-refractivity contribution is 7.40. The standard InChI is InChI=1S/C24H20S3/c1-3-15-5-9-17(10-6-15)19-13-21-23(26-19)24-22(25-21)14-20(27-24)18-11-7-16(4-2)8-12-18/h5-14H,3-4H2,1-2H3. The van der Waals surface area contributed by atoms with Crippen molar-refractivity contribution in [3.63, 3.8) is 0 Å². The molecule has 27 heavy (non-hydrogen) atoms. The number of hydrogen-bond acceptors (Lipinski definition) is 3. The van der Waals surface area contributed by atoms with Gasteiger partial charge in [-0.1, -0.05) is 62.4 Å². The van der Waals surface area contributed by atoms with Crippen LogP contribution in [0.4, 0.5) is 0 Å². The second-order valence-corrected chi connectivity index (χ2v) is 10.00. The first-order valence-corrected chi connectivity index (χ1v) is 11.8. The highest BCUT2D eigenvalue weighted by atomic mass is 32.1.